The molecule has 2 N–H and O–H groups in total. The van der Waals surface area contributed by atoms with Gasteiger partial charge in [0.25, 0.3) is 0 Å². The number of rotatable bonds is 8. The van der Waals surface area contributed by atoms with Crippen LogP contribution in [0, 0.1) is 0 Å². The number of carboxylic acids is 1. The van der Waals surface area contributed by atoms with Crippen molar-refractivity contribution in [2.75, 3.05) is 0 Å². The molecule has 3 aromatic rings. The van der Waals surface area contributed by atoms with Crippen LogP contribution in [-0.2, 0) is 11.3 Å². The van der Waals surface area contributed by atoms with Crippen molar-refractivity contribution in [2.24, 2.45) is 0 Å². The quantitative estimate of drug-likeness (QED) is 0.637. The van der Waals surface area contributed by atoms with Crippen molar-refractivity contribution in [1.29, 1.82) is 0 Å². The minimum absolute atomic E-state index is 0.394. The van der Waals surface area contributed by atoms with E-state index in [1.54, 1.807) is 11.3 Å². The zero-order valence-electron chi connectivity index (χ0n) is 13.5. The molecule has 0 spiro atoms. The minimum atomic E-state index is -0.818. The lowest BCUT2D eigenvalue weighted by Gasteiger charge is -2.12. The smallest absolute Gasteiger partial charge is 0.320 e. The van der Waals surface area contributed by atoms with Gasteiger partial charge >= 0.3 is 5.97 Å². The van der Waals surface area contributed by atoms with Crippen molar-refractivity contribution in [3.63, 3.8) is 0 Å². The van der Waals surface area contributed by atoms with Crippen molar-refractivity contribution in [3.8, 4) is 10.8 Å². The van der Waals surface area contributed by atoms with Crippen molar-refractivity contribution in [2.45, 2.75) is 38.8 Å². The summed E-state index contributed by atoms with van der Waals surface area (Å²) in [5.74, 6) is 0.613. The Hall–Kier alpha value is -2.18. The van der Waals surface area contributed by atoms with Crippen molar-refractivity contribution in [1.82, 2.24) is 10.3 Å². The first-order valence-electron chi connectivity index (χ1n) is 8.08. The number of benzene rings is 1. The molecule has 0 aliphatic rings. The van der Waals surface area contributed by atoms with E-state index in [4.69, 9.17) is 4.42 Å². The summed E-state index contributed by atoms with van der Waals surface area (Å²) in [6, 6.07) is 11.2. The fraction of sp³-hybridized carbons (Fsp3) is 0.333. The van der Waals surface area contributed by atoms with Crippen LogP contribution in [0.3, 0.4) is 0 Å². The number of nitrogens with one attached hydrogen (secondary N) is 1. The number of hydrogen-bond donors (Lipinski definition) is 2. The first-order chi connectivity index (χ1) is 11.7. The number of hydrogen-bond acceptors (Lipinski definition) is 5. The standard InChI is InChI=1S/C18H20N2O3S/c1-2-3-6-14(18(21)22)19-11-12-9-10-15(23-12)17-20-13-7-4-5-8-16(13)24-17/h4-5,7-10,14,19H,2-3,6,11H2,1H3,(H,21,22). The molecule has 2 aromatic heterocycles. The Labute approximate surface area is 144 Å². The Morgan fingerprint density at radius 1 is 1.33 bits per heavy atom. The van der Waals surface area contributed by atoms with Crippen LogP contribution >= 0.6 is 11.3 Å². The highest BCUT2D eigenvalue weighted by molar-refractivity contribution is 7.21. The monoisotopic (exact) mass is 344 g/mol. The molecule has 126 valence electrons. The molecule has 24 heavy (non-hydrogen) atoms. The second-order valence-corrected chi connectivity index (χ2v) is 6.70. The molecule has 1 unspecified atom stereocenters. The number of aliphatic carboxylic acids is 1. The Morgan fingerprint density at radius 2 is 2.17 bits per heavy atom. The zero-order valence-corrected chi connectivity index (χ0v) is 14.3. The van der Waals surface area contributed by atoms with E-state index >= 15 is 0 Å². The number of para-hydroxylation sites is 1. The van der Waals surface area contributed by atoms with E-state index in [0.29, 0.717) is 24.5 Å². The maximum Gasteiger partial charge on any atom is 0.320 e. The van der Waals surface area contributed by atoms with Gasteiger partial charge in [0.05, 0.1) is 16.8 Å². The van der Waals surface area contributed by atoms with Crippen LogP contribution in [0.2, 0.25) is 0 Å². The van der Waals surface area contributed by atoms with Gasteiger partial charge in [-0.25, -0.2) is 4.98 Å². The number of carbonyl (C=O) groups is 1. The number of thiazole rings is 1. The summed E-state index contributed by atoms with van der Waals surface area (Å²) in [6.07, 6.45) is 2.49. The van der Waals surface area contributed by atoms with E-state index < -0.39 is 12.0 Å². The van der Waals surface area contributed by atoms with Crippen molar-refractivity contribution < 1.29 is 14.3 Å². The SMILES string of the molecule is CCCCC(NCc1ccc(-c2nc3ccccc3s2)o1)C(=O)O. The van der Waals surface area contributed by atoms with Crippen LogP contribution in [0.1, 0.15) is 31.9 Å². The largest absolute Gasteiger partial charge is 0.480 e. The van der Waals surface area contributed by atoms with Gasteiger partial charge in [0, 0.05) is 0 Å². The van der Waals surface area contributed by atoms with Gasteiger partial charge in [0.2, 0.25) is 0 Å². The van der Waals surface area contributed by atoms with Gasteiger partial charge in [-0.2, -0.15) is 0 Å². The highest BCUT2D eigenvalue weighted by Crippen LogP contribution is 2.31. The predicted molar refractivity (Wildman–Crippen MR) is 95.1 cm³/mol. The average molecular weight is 344 g/mol. The third kappa shape index (κ3) is 3.83. The van der Waals surface area contributed by atoms with Crippen LogP contribution < -0.4 is 5.32 Å². The molecule has 1 atom stereocenters. The lowest BCUT2D eigenvalue weighted by Crippen LogP contribution is -2.36. The minimum Gasteiger partial charge on any atom is -0.480 e. The number of carboxylic acid groups (broad SMARTS) is 1. The molecule has 0 aliphatic carbocycles. The first kappa shape index (κ1) is 16.7. The topological polar surface area (TPSA) is 75.4 Å². The molecule has 5 nitrogen and oxygen atoms in total. The van der Waals surface area contributed by atoms with E-state index in [1.807, 2.05) is 36.4 Å². The number of aromatic nitrogens is 1. The molecule has 0 aliphatic heterocycles. The van der Waals surface area contributed by atoms with E-state index in [9.17, 15) is 9.90 Å². The van der Waals surface area contributed by atoms with Gasteiger partial charge in [0.1, 0.15) is 11.8 Å². The Morgan fingerprint density at radius 3 is 2.92 bits per heavy atom. The number of unbranched alkanes of at least 4 members (excludes halogenated alkanes) is 1. The lowest BCUT2D eigenvalue weighted by molar-refractivity contribution is -0.139. The maximum absolute atomic E-state index is 11.3. The lowest BCUT2D eigenvalue weighted by atomic mass is 10.1. The summed E-state index contributed by atoms with van der Waals surface area (Å²) >= 11 is 1.58. The average Bonchev–Trinajstić information content (AvgIpc) is 3.20. The predicted octanol–water partition coefficient (Wildman–Crippen LogP) is 4.29. The third-order valence-corrected chi connectivity index (χ3v) is 4.88. The van der Waals surface area contributed by atoms with Gasteiger partial charge in [-0.15, -0.1) is 11.3 Å². The summed E-state index contributed by atoms with van der Waals surface area (Å²) in [7, 11) is 0. The third-order valence-electron chi connectivity index (χ3n) is 3.83. The van der Waals surface area contributed by atoms with E-state index in [0.717, 1.165) is 28.1 Å². The Bertz CT molecular complexity index is 791. The second-order valence-electron chi connectivity index (χ2n) is 5.67. The number of furan rings is 1. The Kier molecular flexibility index (Phi) is 5.27. The first-order valence-corrected chi connectivity index (χ1v) is 8.90. The number of nitrogens with zero attached hydrogens (tertiary/aromatic N) is 1. The molecule has 0 bridgehead atoms. The van der Waals surface area contributed by atoms with Gasteiger partial charge in [-0.1, -0.05) is 31.9 Å². The molecular weight excluding hydrogens is 324 g/mol. The van der Waals surface area contributed by atoms with E-state index in [2.05, 4.69) is 17.2 Å². The molecule has 6 heteroatoms. The molecule has 0 saturated carbocycles. The van der Waals surface area contributed by atoms with Crippen LogP contribution in [0.4, 0.5) is 0 Å². The molecule has 0 saturated heterocycles. The highest BCUT2D eigenvalue weighted by atomic mass is 32.1. The van der Waals surface area contributed by atoms with Crippen LogP contribution in [0.15, 0.2) is 40.8 Å². The van der Waals surface area contributed by atoms with E-state index in [1.165, 1.54) is 0 Å². The van der Waals surface area contributed by atoms with Gasteiger partial charge in [0.15, 0.2) is 10.8 Å². The fourth-order valence-electron chi connectivity index (χ4n) is 2.51. The highest BCUT2D eigenvalue weighted by Gasteiger charge is 2.17. The maximum atomic E-state index is 11.3. The molecule has 3 rings (SSSR count). The molecular formula is C18H20N2O3S. The van der Waals surface area contributed by atoms with Crippen LogP contribution in [0.25, 0.3) is 21.0 Å². The molecule has 0 radical (unpaired) electrons. The Balaban J connectivity index is 1.67. The molecule has 0 amide bonds. The van der Waals surface area contributed by atoms with Crippen molar-refractivity contribution in [3.05, 3.63) is 42.2 Å². The summed E-state index contributed by atoms with van der Waals surface area (Å²) in [5, 5.41) is 13.1. The summed E-state index contributed by atoms with van der Waals surface area (Å²) < 4.78 is 6.95. The van der Waals surface area contributed by atoms with Crippen molar-refractivity contribution >= 4 is 27.5 Å². The van der Waals surface area contributed by atoms with E-state index in [-0.39, 0.29) is 0 Å². The van der Waals surface area contributed by atoms with Gasteiger partial charge < -0.3 is 9.52 Å². The van der Waals surface area contributed by atoms with Gasteiger partial charge in [-0.05, 0) is 30.7 Å². The zero-order chi connectivity index (χ0) is 16.9. The summed E-state index contributed by atoms with van der Waals surface area (Å²) in [4.78, 5) is 15.8. The fourth-order valence-corrected chi connectivity index (χ4v) is 3.44. The normalized spacial score (nSPS) is 12.5. The summed E-state index contributed by atoms with van der Waals surface area (Å²) in [5.41, 5.74) is 0.957. The second kappa shape index (κ2) is 7.59. The molecule has 0 fully saturated rings. The van der Waals surface area contributed by atoms with Gasteiger partial charge in [-0.3, -0.25) is 10.1 Å². The molecule has 1 aromatic carbocycles. The summed E-state index contributed by atoms with van der Waals surface area (Å²) in [6.45, 7) is 2.45. The number of fused-ring (bicyclic) bond motifs is 1. The molecule has 2 heterocycles. The van der Waals surface area contributed by atoms with Crippen LogP contribution in [0.5, 0.6) is 0 Å². The van der Waals surface area contributed by atoms with Crippen LogP contribution in [-0.4, -0.2) is 22.1 Å².